The van der Waals surface area contributed by atoms with Crippen LogP contribution in [0.1, 0.15) is 11.1 Å². The van der Waals surface area contributed by atoms with E-state index < -0.39 is 24.5 Å². The third-order valence-corrected chi connectivity index (χ3v) is 3.36. The molecular weight excluding hydrogens is 234 g/mol. The van der Waals surface area contributed by atoms with Crippen molar-refractivity contribution in [1.29, 1.82) is 0 Å². The van der Waals surface area contributed by atoms with Crippen LogP contribution in [0.25, 0.3) is 0 Å². The number of aliphatic hydroxyl groups is 3. The van der Waals surface area contributed by atoms with Crippen molar-refractivity contribution in [1.82, 2.24) is 0 Å². The number of nitrogens with one attached hydrogen (secondary N) is 1. The monoisotopic (exact) mass is 253 g/mol. The van der Waals surface area contributed by atoms with Crippen LogP contribution in [-0.2, 0) is 4.74 Å². The molecule has 1 aromatic rings. The summed E-state index contributed by atoms with van der Waals surface area (Å²) in [4.78, 5) is 0. The highest BCUT2D eigenvalue weighted by Crippen LogP contribution is 2.23. The quantitative estimate of drug-likeness (QED) is 0.616. The molecule has 0 spiro atoms. The molecule has 0 radical (unpaired) electrons. The van der Waals surface area contributed by atoms with Gasteiger partial charge in [-0.25, -0.2) is 0 Å². The predicted octanol–water partition coefficient (Wildman–Crippen LogP) is 0.154. The van der Waals surface area contributed by atoms with Crippen molar-refractivity contribution >= 4 is 5.69 Å². The van der Waals surface area contributed by atoms with Gasteiger partial charge in [-0.1, -0.05) is 6.07 Å². The highest BCUT2D eigenvalue weighted by molar-refractivity contribution is 5.48. The molecule has 5 heteroatoms. The van der Waals surface area contributed by atoms with E-state index in [1.54, 1.807) is 0 Å². The number of hydrogen-bond donors (Lipinski definition) is 4. The van der Waals surface area contributed by atoms with Crippen LogP contribution in [0.15, 0.2) is 18.2 Å². The van der Waals surface area contributed by atoms with E-state index in [0.29, 0.717) is 0 Å². The number of aryl methyl sites for hydroxylation is 2. The zero-order valence-electron chi connectivity index (χ0n) is 10.5. The Bertz CT molecular complexity index is 423. The van der Waals surface area contributed by atoms with E-state index in [2.05, 4.69) is 5.32 Å². The molecule has 0 saturated carbocycles. The lowest BCUT2D eigenvalue weighted by atomic mass is 10.1. The van der Waals surface area contributed by atoms with Crippen LogP contribution in [0.2, 0.25) is 0 Å². The molecule has 1 aromatic carbocycles. The van der Waals surface area contributed by atoms with Gasteiger partial charge in [-0.15, -0.1) is 0 Å². The molecule has 0 aromatic heterocycles. The Hall–Kier alpha value is -1.14. The van der Waals surface area contributed by atoms with Crippen LogP contribution >= 0.6 is 0 Å². The minimum atomic E-state index is -1.07. The van der Waals surface area contributed by atoms with Gasteiger partial charge in [-0.2, -0.15) is 0 Å². The van der Waals surface area contributed by atoms with Gasteiger partial charge in [-0.3, -0.25) is 0 Å². The fourth-order valence-corrected chi connectivity index (χ4v) is 2.01. The molecule has 5 nitrogen and oxygen atoms in total. The van der Waals surface area contributed by atoms with Gasteiger partial charge in [-0.05, 0) is 37.1 Å². The standard InChI is InChI=1S/C13H19NO4/c1-7-3-4-9(5-8(7)2)14-13-12(17)11(16)10(6-15)18-13/h3-5,10-17H,6H2,1-2H3. The van der Waals surface area contributed by atoms with Gasteiger partial charge in [0.05, 0.1) is 6.61 Å². The van der Waals surface area contributed by atoms with E-state index in [9.17, 15) is 10.2 Å². The first-order valence-electron chi connectivity index (χ1n) is 5.99. The normalized spacial score (nSPS) is 31.6. The van der Waals surface area contributed by atoms with Crippen molar-refractivity contribution in [2.75, 3.05) is 11.9 Å². The van der Waals surface area contributed by atoms with E-state index in [4.69, 9.17) is 9.84 Å². The van der Waals surface area contributed by atoms with Gasteiger partial charge in [0.15, 0.2) is 6.23 Å². The Kier molecular flexibility index (Phi) is 3.87. The molecule has 1 aliphatic rings. The third-order valence-electron chi connectivity index (χ3n) is 3.36. The first-order valence-corrected chi connectivity index (χ1v) is 5.99. The molecule has 2 rings (SSSR count). The maximum atomic E-state index is 9.80. The fourth-order valence-electron chi connectivity index (χ4n) is 2.01. The molecule has 1 heterocycles. The van der Waals surface area contributed by atoms with Crippen LogP contribution in [0, 0.1) is 13.8 Å². The Balaban J connectivity index is 2.07. The molecule has 0 amide bonds. The fraction of sp³-hybridized carbons (Fsp3) is 0.538. The van der Waals surface area contributed by atoms with Crippen LogP contribution < -0.4 is 5.32 Å². The summed E-state index contributed by atoms with van der Waals surface area (Å²) in [7, 11) is 0. The Morgan fingerprint density at radius 2 is 1.89 bits per heavy atom. The van der Waals surface area contributed by atoms with Gasteiger partial charge in [0.1, 0.15) is 18.3 Å². The molecule has 1 saturated heterocycles. The number of anilines is 1. The maximum Gasteiger partial charge on any atom is 0.157 e. The second-order valence-corrected chi connectivity index (χ2v) is 4.70. The number of aliphatic hydroxyl groups excluding tert-OH is 3. The van der Waals surface area contributed by atoms with Gasteiger partial charge in [0.25, 0.3) is 0 Å². The summed E-state index contributed by atoms with van der Waals surface area (Å²) in [5, 5.41) is 31.4. The Morgan fingerprint density at radius 3 is 2.44 bits per heavy atom. The minimum Gasteiger partial charge on any atom is -0.394 e. The first kappa shape index (κ1) is 13.3. The van der Waals surface area contributed by atoms with E-state index in [-0.39, 0.29) is 6.61 Å². The highest BCUT2D eigenvalue weighted by Gasteiger charge is 2.42. The molecule has 0 aliphatic carbocycles. The zero-order chi connectivity index (χ0) is 13.3. The second-order valence-electron chi connectivity index (χ2n) is 4.70. The van der Waals surface area contributed by atoms with Crippen LogP contribution in [0.5, 0.6) is 0 Å². The average molecular weight is 253 g/mol. The van der Waals surface area contributed by atoms with Gasteiger partial charge < -0.3 is 25.4 Å². The smallest absolute Gasteiger partial charge is 0.157 e. The summed E-state index contributed by atoms with van der Waals surface area (Å²) in [5.41, 5.74) is 3.13. The van der Waals surface area contributed by atoms with Crippen LogP contribution in [0.4, 0.5) is 5.69 Å². The van der Waals surface area contributed by atoms with Gasteiger partial charge >= 0.3 is 0 Å². The summed E-state index contributed by atoms with van der Waals surface area (Å²) in [6.45, 7) is 3.70. The van der Waals surface area contributed by atoms with Crippen molar-refractivity contribution in [3.05, 3.63) is 29.3 Å². The second kappa shape index (κ2) is 5.24. The lowest BCUT2D eigenvalue weighted by Crippen LogP contribution is -2.36. The Labute approximate surface area is 106 Å². The lowest BCUT2D eigenvalue weighted by molar-refractivity contribution is -0.0153. The number of benzene rings is 1. The zero-order valence-corrected chi connectivity index (χ0v) is 10.5. The molecular formula is C13H19NO4. The average Bonchev–Trinajstić information content (AvgIpc) is 2.62. The SMILES string of the molecule is Cc1ccc(NC2OC(CO)C(O)C2O)cc1C. The van der Waals surface area contributed by atoms with Crippen molar-refractivity contribution in [2.45, 2.75) is 38.4 Å². The summed E-state index contributed by atoms with van der Waals surface area (Å²) in [6, 6.07) is 5.81. The van der Waals surface area contributed by atoms with E-state index >= 15 is 0 Å². The number of ether oxygens (including phenoxy) is 1. The van der Waals surface area contributed by atoms with E-state index in [0.717, 1.165) is 11.3 Å². The Morgan fingerprint density at radius 1 is 1.17 bits per heavy atom. The van der Waals surface area contributed by atoms with Crippen LogP contribution in [0.3, 0.4) is 0 Å². The topological polar surface area (TPSA) is 82.0 Å². The van der Waals surface area contributed by atoms with Gasteiger partial charge in [0, 0.05) is 5.69 Å². The van der Waals surface area contributed by atoms with Crippen molar-refractivity contribution < 1.29 is 20.1 Å². The van der Waals surface area contributed by atoms with Crippen molar-refractivity contribution in [3.63, 3.8) is 0 Å². The highest BCUT2D eigenvalue weighted by atomic mass is 16.6. The van der Waals surface area contributed by atoms with Crippen LogP contribution in [-0.4, -0.2) is 46.5 Å². The molecule has 0 bridgehead atoms. The third kappa shape index (κ3) is 2.49. The van der Waals surface area contributed by atoms with Crippen molar-refractivity contribution in [3.8, 4) is 0 Å². The summed E-state index contributed by atoms with van der Waals surface area (Å²) >= 11 is 0. The first-order chi connectivity index (χ1) is 8.52. The number of rotatable bonds is 3. The lowest BCUT2D eigenvalue weighted by Gasteiger charge is -2.18. The largest absolute Gasteiger partial charge is 0.394 e. The van der Waals surface area contributed by atoms with Gasteiger partial charge in [0.2, 0.25) is 0 Å². The molecule has 100 valence electrons. The predicted molar refractivity (Wildman–Crippen MR) is 67.3 cm³/mol. The van der Waals surface area contributed by atoms with E-state index in [1.807, 2.05) is 32.0 Å². The summed E-state index contributed by atoms with van der Waals surface area (Å²) in [5.74, 6) is 0. The molecule has 4 unspecified atom stereocenters. The molecule has 1 aliphatic heterocycles. The molecule has 4 N–H and O–H groups in total. The molecule has 4 atom stereocenters. The number of hydrogen-bond acceptors (Lipinski definition) is 5. The van der Waals surface area contributed by atoms with Crippen molar-refractivity contribution in [2.24, 2.45) is 0 Å². The maximum absolute atomic E-state index is 9.80. The minimum absolute atomic E-state index is 0.316. The summed E-state index contributed by atoms with van der Waals surface area (Å²) < 4.78 is 5.35. The molecule has 18 heavy (non-hydrogen) atoms. The molecule has 1 fully saturated rings. The summed E-state index contributed by atoms with van der Waals surface area (Å²) in [6.07, 6.45) is -3.58. The van der Waals surface area contributed by atoms with E-state index in [1.165, 1.54) is 5.56 Å².